The number of carbonyl (C=O) groups is 3. The van der Waals surface area contributed by atoms with E-state index in [1.165, 1.54) is 0 Å². The molecule has 0 amide bonds. The standard InChI is InChI=1S/C66H63N7O12/c1-43-19-25-52(67-31-43)55-28-22-49(34-70-55)46(4)83-64(74)37-77-58-13-7-10-16-61(58)80-40-73(41-81-62-17-11-8-14-59(62)78-38-65(75)84-47(5)50-23-29-56(71-35-50)53-26-20-44(2)32-68-53)42-82-63-18-12-9-15-60(63)79-39-66(76)85-48(6)51-24-30-57(72-36-51)54-27-21-45(3)33-69-54/h7-36,46-48H,37-42H2,1-6H3/t46-,47-,48-/m0/s1. The van der Waals surface area contributed by atoms with Gasteiger partial charge in [0.25, 0.3) is 0 Å². The Bertz CT molecular complexity index is 3250. The average Bonchev–Trinajstić information content (AvgIpc) is 3.73. The van der Waals surface area contributed by atoms with E-state index in [9.17, 15) is 14.4 Å². The number of para-hydroxylation sites is 6. The molecular weight excluding hydrogens is 1080 g/mol. The summed E-state index contributed by atoms with van der Waals surface area (Å²) >= 11 is 0. The van der Waals surface area contributed by atoms with Crippen molar-refractivity contribution in [1.82, 2.24) is 34.8 Å². The Balaban J connectivity index is 0.823. The second-order valence-corrected chi connectivity index (χ2v) is 19.7. The van der Waals surface area contributed by atoms with Crippen LogP contribution in [0.15, 0.2) is 183 Å². The van der Waals surface area contributed by atoms with Gasteiger partial charge in [-0.2, -0.15) is 0 Å². The lowest BCUT2D eigenvalue weighted by atomic mass is 10.1. The normalized spacial score (nSPS) is 12.0. The van der Waals surface area contributed by atoms with Crippen molar-refractivity contribution in [2.75, 3.05) is 40.0 Å². The maximum Gasteiger partial charge on any atom is 0.344 e. The number of nitrogens with zero attached hydrogens (tertiary/aromatic N) is 7. The van der Waals surface area contributed by atoms with Crippen LogP contribution < -0.4 is 28.4 Å². The second kappa shape index (κ2) is 29.1. The first kappa shape index (κ1) is 59.4. The Morgan fingerprint density at radius 1 is 0.329 bits per heavy atom. The number of esters is 3. The van der Waals surface area contributed by atoms with Crippen molar-refractivity contribution in [1.29, 1.82) is 0 Å². The summed E-state index contributed by atoms with van der Waals surface area (Å²) in [6, 6.07) is 43.2. The Morgan fingerprint density at radius 3 is 0.788 bits per heavy atom. The fourth-order valence-electron chi connectivity index (χ4n) is 8.22. The number of aryl methyl sites for hydroxylation is 3. The summed E-state index contributed by atoms with van der Waals surface area (Å²) in [6.07, 6.45) is 8.45. The van der Waals surface area contributed by atoms with E-state index in [-0.39, 0.29) is 37.4 Å². The van der Waals surface area contributed by atoms with Gasteiger partial charge >= 0.3 is 17.9 Å². The maximum atomic E-state index is 13.2. The molecule has 3 atom stereocenters. The van der Waals surface area contributed by atoms with Gasteiger partial charge in [0, 0.05) is 53.9 Å². The van der Waals surface area contributed by atoms with Gasteiger partial charge in [-0.15, -0.1) is 0 Å². The van der Waals surface area contributed by atoms with Crippen molar-refractivity contribution in [2.24, 2.45) is 0 Å². The highest BCUT2D eigenvalue weighted by molar-refractivity contribution is 5.73. The van der Waals surface area contributed by atoms with Gasteiger partial charge in [0.2, 0.25) is 0 Å². The monoisotopic (exact) mass is 1150 g/mol. The number of ether oxygens (including phenoxy) is 9. The fourth-order valence-corrected chi connectivity index (χ4v) is 8.22. The van der Waals surface area contributed by atoms with Crippen LogP contribution in [-0.4, -0.2) is 92.7 Å². The largest absolute Gasteiger partial charge is 0.478 e. The predicted molar refractivity (Wildman–Crippen MR) is 314 cm³/mol. The van der Waals surface area contributed by atoms with Gasteiger partial charge in [-0.05, 0) is 131 Å². The molecule has 434 valence electrons. The summed E-state index contributed by atoms with van der Waals surface area (Å²) in [5.74, 6) is -0.118. The van der Waals surface area contributed by atoms with Crippen LogP contribution in [0.4, 0.5) is 0 Å². The van der Waals surface area contributed by atoms with Crippen molar-refractivity contribution in [3.63, 3.8) is 0 Å². The predicted octanol–water partition coefficient (Wildman–Crippen LogP) is 11.7. The molecule has 0 aliphatic heterocycles. The molecule has 0 aliphatic rings. The van der Waals surface area contributed by atoms with Crippen molar-refractivity contribution in [2.45, 2.75) is 59.9 Å². The van der Waals surface area contributed by atoms with Crippen molar-refractivity contribution < 1.29 is 57.0 Å². The second-order valence-electron chi connectivity index (χ2n) is 19.7. The Morgan fingerprint density at radius 2 is 0.565 bits per heavy atom. The van der Waals surface area contributed by atoms with Crippen LogP contribution in [0.25, 0.3) is 34.2 Å². The first-order valence-corrected chi connectivity index (χ1v) is 27.3. The van der Waals surface area contributed by atoms with E-state index in [1.807, 2.05) is 93.6 Å². The van der Waals surface area contributed by atoms with E-state index < -0.39 is 56.0 Å². The molecule has 9 rings (SSSR count). The fraction of sp³-hybridized carbons (Fsp3) is 0.227. The zero-order valence-electron chi connectivity index (χ0n) is 47.8. The number of aromatic nitrogens is 6. The lowest BCUT2D eigenvalue weighted by molar-refractivity contribution is -0.151. The van der Waals surface area contributed by atoms with Crippen LogP contribution in [0, 0.1) is 20.8 Å². The first-order chi connectivity index (χ1) is 41.3. The summed E-state index contributed by atoms with van der Waals surface area (Å²) < 4.78 is 54.0. The van der Waals surface area contributed by atoms with Gasteiger partial charge in [-0.25, -0.2) is 19.3 Å². The number of hydrogen-bond acceptors (Lipinski definition) is 19. The Kier molecular flexibility index (Phi) is 20.3. The molecule has 0 aliphatic carbocycles. The summed E-state index contributed by atoms with van der Waals surface area (Å²) in [5.41, 5.74) is 9.50. The van der Waals surface area contributed by atoms with Gasteiger partial charge in [0.1, 0.15) is 38.5 Å². The van der Waals surface area contributed by atoms with Crippen LogP contribution in [-0.2, 0) is 28.6 Å². The molecular formula is C66H63N7O12. The third-order valence-corrected chi connectivity index (χ3v) is 13.0. The van der Waals surface area contributed by atoms with Gasteiger partial charge in [-0.1, -0.05) is 72.8 Å². The van der Waals surface area contributed by atoms with E-state index in [1.54, 1.807) is 136 Å². The van der Waals surface area contributed by atoms with Crippen molar-refractivity contribution in [3.05, 3.63) is 216 Å². The van der Waals surface area contributed by atoms with Crippen LogP contribution in [0.3, 0.4) is 0 Å². The third kappa shape index (κ3) is 17.1. The Labute approximate surface area is 492 Å². The minimum absolute atomic E-state index is 0.141. The van der Waals surface area contributed by atoms with E-state index in [2.05, 4.69) is 29.9 Å². The number of benzene rings is 3. The highest BCUT2D eigenvalue weighted by atomic mass is 16.6. The van der Waals surface area contributed by atoms with Gasteiger partial charge < -0.3 is 42.6 Å². The molecule has 0 bridgehead atoms. The number of rotatable bonds is 27. The van der Waals surface area contributed by atoms with Gasteiger partial charge in [-0.3, -0.25) is 29.9 Å². The molecule has 0 radical (unpaired) electrons. The zero-order valence-corrected chi connectivity index (χ0v) is 47.8. The molecule has 0 unspecified atom stereocenters. The van der Waals surface area contributed by atoms with Crippen LogP contribution >= 0.6 is 0 Å². The summed E-state index contributed by atoms with van der Waals surface area (Å²) in [6.45, 7) is 9.49. The first-order valence-electron chi connectivity index (χ1n) is 27.3. The minimum Gasteiger partial charge on any atom is -0.478 e. The number of carbonyl (C=O) groups excluding carboxylic acids is 3. The Hall–Kier alpha value is -10.3. The average molecular weight is 1150 g/mol. The molecule has 6 heterocycles. The highest BCUT2D eigenvalue weighted by Crippen LogP contribution is 2.32. The molecule has 0 saturated carbocycles. The topological polar surface area (TPSA) is 215 Å². The molecule has 85 heavy (non-hydrogen) atoms. The molecule has 0 fully saturated rings. The minimum atomic E-state index is -0.616. The summed E-state index contributed by atoms with van der Waals surface area (Å²) in [5, 5.41) is 0. The van der Waals surface area contributed by atoms with Crippen molar-refractivity contribution >= 4 is 17.9 Å². The number of hydrogen-bond donors (Lipinski definition) is 0. The van der Waals surface area contributed by atoms with Crippen LogP contribution in [0.1, 0.15) is 72.5 Å². The van der Waals surface area contributed by atoms with Gasteiger partial charge in [0.15, 0.2) is 54.3 Å². The van der Waals surface area contributed by atoms with Crippen molar-refractivity contribution in [3.8, 4) is 68.7 Å². The quantitative estimate of drug-likeness (QED) is 0.0266. The lowest BCUT2D eigenvalue weighted by Gasteiger charge is -2.24. The molecule has 0 spiro atoms. The van der Waals surface area contributed by atoms with E-state index in [0.29, 0.717) is 51.0 Å². The summed E-state index contributed by atoms with van der Waals surface area (Å²) in [7, 11) is 0. The number of pyridine rings is 6. The van der Waals surface area contributed by atoms with Crippen LogP contribution in [0.5, 0.6) is 34.5 Å². The van der Waals surface area contributed by atoms with E-state index in [4.69, 9.17) is 42.6 Å². The lowest BCUT2D eigenvalue weighted by Crippen LogP contribution is -2.35. The third-order valence-electron chi connectivity index (χ3n) is 13.0. The molecule has 19 nitrogen and oxygen atoms in total. The molecule has 6 aromatic heterocycles. The molecule has 9 aromatic rings. The smallest absolute Gasteiger partial charge is 0.344 e. The zero-order chi connectivity index (χ0) is 59.5. The summed E-state index contributed by atoms with van der Waals surface area (Å²) in [4.78, 5) is 68.0. The van der Waals surface area contributed by atoms with E-state index in [0.717, 1.165) is 33.8 Å². The molecule has 0 N–H and O–H groups in total. The molecule has 19 heteroatoms. The molecule has 0 saturated heterocycles. The highest BCUT2D eigenvalue weighted by Gasteiger charge is 2.20. The maximum absolute atomic E-state index is 13.2. The van der Waals surface area contributed by atoms with E-state index >= 15 is 0 Å². The molecule has 3 aromatic carbocycles. The van der Waals surface area contributed by atoms with Crippen LogP contribution in [0.2, 0.25) is 0 Å². The SMILES string of the molecule is Cc1ccc(-c2ccc([C@H](C)OC(=O)COc3ccccc3OCN(COc3ccccc3OCC(=O)O[C@@H](C)c3ccc(-c4ccc(C)cn4)nc3)COc3ccccc3OCC(=O)O[C@@H](C)c3ccc(-c4ccc(C)cn4)nc3)cn2)nc1. The van der Waals surface area contributed by atoms with Gasteiger partial charge in [0.05, 0.1) is 34.2 Å².